The number of carboxylic acid groups (broad SMARTS) is 1. The SMILES string of the molecule is COc1cnc2c(-c3nc4cc(F)c(OCC(C)N(C(=O)O)c5cnc(C)nc5)cc4s3)cc(C)cc2n1. The molecule has 3 heterocycles. The van der Waals surface area contributed by atoms with E-state index in [1.165, 1.54) is 36.9 Å². The van der Waals surface area contributed by atoms with Crippen molar-refractivity contribution in [2.75, 3.05) is 18.6 Å². The number of benzene rings is 2. The summed E-state index contributed by atoms with van der Waals surface area (Å²) in [6, 6.07) is 6.12. The van der Waals surface area contributed by atoms with Crippen LogP contribution in [0.4, 0.5) is 14.9 Å². The third kappa shape index (κ3) is 4.90. The summed E-state index contributed by atoms with van der Waals surface area (Å²) in [6.07, 6.45) is 3.20. The molecular weight excluding hydrogens is 511 g/mol. The summed E-state index contributed by atoms with van der Waals surface area (Å²) in [5, 5.41) is 10.4. The fourth-order valence-electron chi connectivity index (χ4n) is 4.01. The number of carbonyl (C=O) groups is 1. The van der Waals surface area contributed by atoms with Gasteiger partial charge >= 0.3 is 6.09 Å². The Kier molecular flexibility index (Phi) is 6.72. The molecule has 1 N–H and O–H groups in total. The maximum atomic E-state index is 15.0. The maximum Gasteiger partial charge on any atom is 0.412 e. The number of hydrogen-bond donors (Lipinski definition) is 1. The first-order valence-electron chi connectivity index (χ1n) is 11.6. The number of aryl methyl sites for hydroxylation is 2. The number of nitrogens with zero attached hydrogens (tertiary/aromatic N) is 6. The zero-order valence-corrected chi connectivity index (χ0v) is 21.8. The second-order valence-electron chi connectivity index (χ2n) is 8.66. The molecule has 38 heavy (non-hydrogen) atoms. The molecule has 5 aromatic rings. The highest BCUT2D eigenvalue weighted by molar-refractivity contribution is 7.21. The van der Waals surface area contributed by atoms with Gasteiger partial charge < -0.3 is 14.6 Å². The number of ether oxygens (including phenoxy) is 2. The Hall–Kier alpha value is -4.45. The van der Waals surface area contributed by atoms with Crippen molar-refractivity contribution >= 4 is 44.4 Å². The van der Waals surface area contributed by atoms with Crippen molar-refractivity contribution in [2.45, 2.75) is 26.8 Å². The molecule has 5 rings (SSSR count). The number of hydrogen-bond acceptors (Lipinski definition) is 9. The Balaban J connectivity index is 1.43. The number of halogens is 1. The van der Waals surface area contributed by atoms with Gasteiger partial charge in [-0.2, -0.15) is 0 Å². The lowest BCUT2D eigenvalue weighted by Crippen LogP contribution is -2.41. The van der Waals surface area contributed by atoms with Gasteiger partial charge in [-0.25, -0.2) is 34.1 Å². The number of aromatic nitrogens is 5. The molecule has 1 unspecified atom stereocenters. The Morgan fingerprint density at radius 1 is 1.08 bits per heavy atom. The average molecular weight is 535 g/mol. The van der Waals surface area contributed by atoms with Crippen LogP contribution < -0.4 is 14.4 Å². The molecule has 1 atom stereocenters. The van der Waals surface area contributed by atoms with Crippen molar-refractivity contribution < 1.29 is 23.8 Å². The monoisotopic (exact) mass is 534 g/mol. The molecule has 0 aliphatic heterocycles. The first-order chi connectivity index (χ1) is 18.2. The zero-order valence-electron chi connectivity index (χ0n) is 21.0. The fourth-order valence-corrected chi connectivity index (χ4v) is 5.01. The van der Waals surface area contributed by atoms with E-state index in [1.807, 2.05) is 19.1 Å². The molecule has 0 fully saturated rings. The van der Waals surface area contributed by atoms with Crippen LogP contribution in [0, 0.1) is 19.7 Å². The van der Waals surface area contributed by atoms with Crippen LogP contribution in [0.25, 0.3) is 31.8 Å². The molecule has 3 aromatic heterocycles. The van der Waals surface area contributed by atoms with Crippen LogP contribution in [0.2, 0.25) is 0 Å². The van der Waals surface area contributed by atoms with Crippen LogP contribution in [0.3, 0.4) is 0 Å². The van der Waals surface area contributed by atoms with Gasteiger partial charge in [0.2, 0.25) is 5.88 Å². The molecule has 1 amide bonds. The Labute approximate surface area is 220 Å². The van der Waals surface area contributed by atoms with Crippen molar-refractivity contribution in [3.05, 3.63) is 60.1 Å². The molecule has 2 aromatic carbocycles. The smallest absolute Gasteiger partial charge is 0.412 e. The zero-order chi connectivity index (χ0) is 27.0. The summed E-state index contributed by atoms with van der Waals surface area (Å²) in [6.45, 7) is 5.23. The highest BCUT2D eigenvalue weighted by Gasteiger charge is 2.24. The van der Waals surface area contributed by atoms with Gasteiger partial charge in [0, 0.05) is 17.7 Å². The van der Waals surface area contributed by atoms with Crippen molar-refractivity contribution in [3.63, 3.8) is 0 Å². The third-order valence-corrected chi connectivity index (χ3v) is 6.87. The summed E-state index contributed by atoms with van der Waals surface area (Å²) in [5.41, 5.74) is 3.86. The highest BCUT2D eigenvalue weighted by Crippen LogP contribution is 2.37. The van der Waals surface area contributed by atoms with Gasteiger partial charge in [-0.15, -0.1) is 11.3 Å². The third-order valence-electron chi connectivity index (χ3n) is 5.82. The number of methoxy groups -OCH3 is 1. The van der Waals surface area contributed by atoms with Crippen molar-refractivity contribution in [1.82, 2.24) is 24.9 Å². The molecular formula is C26H23FN6O4S. The Bertz CT molecular complexity index is 1660. The summed E-state index contributed by atoms with van der Waals surface area (Å²) in [4.78, 5) is 34.7. The van der Waals surface area contributed by atoms with Gasteiger partial charge in [0.1, 0.15) is 17.4 Å². The minimum atomic E-state index is -1.19. The van der Waals surface area contributed by atoms with Crippen LogP contribution in [-0.2, 0) is 0 Å². The normalized spacial score (nSPS) is 12.0. The Morgan fingerprint density at radius 3 is 2.55 bits per heavy atom. The second-order valence-corrected chi connectivity index (χ2v) is 9.69. The largest absolute Gasteiger partial charge is 0.488 e. The Morgan fingerprint density at radius 2 is 1.84 bits per heavy atom. The van der Waals surface area contributed by atoms with E-state index < -0.39 is 18.0 Å². The summed E-state index contributed by atoms with van der Waals surface area (Å²) < 4.78 is 26.6. The van der Waals surface area contributed by atoms with Gasteiger partial charge in [0.05, 0.1) is 58.7 Å². The van der Waals surface area contributed by atoms with E-state index in [2.05, 4.69) is 24.9 Å². The van der Waals surface area contributed by atoms with E-state index in [0.29, 0.717) is 43.6 Å². The number of fused-ring (bicyclic) bond motifs is 2. The summed E-state index contributed by atoms with van der Waals surface area (Å²) >= 11 is 1.37. The van der Waals surface area contributed by atoms with E-state index in [1.54, 1.807) is 26.1 Å². The molecule has 0 bridgehead atoms. The van der Waals surface area contributed by atoms with Crippen molar-refractivity contribution in [3.8, 4) is 22.2 Å². The minimum absolute atomic E-state index is 0.00340. The molecule has 0 saturated heterocycles. The first-order valence-corrected chi connectivity index (χ1v) is 12.4. The van der Waals surface area contributed by atoms with Crippen LogP contribution in [0.1, 0.15) is 18.3 Å². The number of amides is 1. The fraction of sp³-hybridized carbons (Fsp3) is 0.231. The second kappa shape index (κ2) is 10.1. The van der Waals surface area contributed by atoms with Gasteiger partial charge in [0.25, 0.3) is 0 Å². The molecule has 0 saturated carbocycles. The standard InChI is InChI=1S/C26H23FN6O4S/c1-13-5-17(24-20(6-13)31-23(36-4)11-30-24)25-32-19-7-18(27)21(8-22(19)38-25)37-12-14(2)33(26(34)35)16-9-28-15(3)29-10-16/h5-11,14H,12H2,1-4H3,(H,34,35). The van der Waals surface area contributed by atoms with E-state index in [0.717, 1.165) is 16.0 Å². The maximum absolute atomic E-state index is 15.0. The van der Waals surface area contributed by atoms with Crippen LogP contribution >= 0.6 is 11.3 Å². The predicted octanol–water partition coefficient (Wildman–Crippen LogP) is 5.41. The average Bonchev–Trinajstić information content (AvgIpc) is 3.30. The summed E-state index contributed by atoms with van der Waals surface area (Å²) in [5.74, 6) is 0.338. The number of rotatable bonds is 7. The van der Waals surface area contributed by atoms with Crippen LogP contribution in [-0.4, -0.2) is 55.9 Å². The van der Waals surface area contributed by atoms with Gasteiger partial charge in [0.15, 0.2) is 11.6 Å². The predicted molar refractivity (Wildman–Crippen MR) is 142 cm³/mol. The highest BCUT2D eigenvalue weighted by atomic mass is 32.1. The van der Waals surface area contributed by atoms with Gasteiger partial charge in [-0.05, 0) is 38.5 Å². The molecule has 0 aliphatic rings. The van der Waals surface area contributed by atoms with E-state index in [-0.39, 0.29) is 12.4 Å². The van der Waals surface area contributed by atoms with Crippen molar-refractivity contribution in [2.24, 2.45) is 0 Å². The first kappa shape index (κ1) is 25.2. The number of anilines is 1. The molecule has 0 radical (unpaired) electrons. The quantitative estimate of drug-likeness (QED) is 0.292. The van der Waals surface area contributed by atoms with E-state index in [9.17, 15) is 14.3 Å². The lowest BCUT2D eigenvalue weighted by molar-refractivity contribution is 0.194. The van der Waals surface area contributed by atoms with Gasteiger partial charge in [-0.3, -0.25) is 4.90 Å². The van der Waals surface area contributed by atoms with E-state index in [4.69, 9.17) is 9.47 Å². The molecule has 0 aliphatic carbocycles. The lowest BCUT2D eigenvalue weighted by Gasteiger charge is -2.26. The van der Waals surface area contributed by atoms with Crippen LogP contribution in [0.15, 0.2) is 42.9 Å². The van der Waals surface area contributed by atoms with Crippen molar-refractivity contribution in [1.29, 1.82) is 0 Å². The van der Waals surface area contributed by atoms with Gasteiger partial charge in [-0.1, -0.05) is 0 Å². The molecule has 0 spiro atoms. The summed E-state index contributed by atoms with van der Waals surface area (Å²) in [7, 11) is 1.53. The molecule has 12 heteroatoms. The molecule has 10 nitrogen and oxygen atoms in total. The minimum Gasteiger partial charge on any atom is -0.488 e. The molecule has 194 valence electrons. The lowest BCUT2D eigenvalue weighted by atomic mass is 10.1. The topological polar surface area (TPSA) is 123 Å². The number of thiazole rings is 1. The van der Waals surface area contributed by atoms with Crippen LogP contribution in [0.5, 0.6) is 11.6 Å². The van der Waals surface area contributed by atoms with E-state index >= 15 is 0 Å².